The van der Waals surface area contributed by atoms with Crippen LogP contribution < -0.4 is 10.1 Å². The van der Waals surface area contributed by atoms with E-state index in [1.54, 1.807) is 37.4 Å². The number of carbonyl (C=O) groups is 2. The molecule has 0 aliphatic heterocycles. The summed E-state index contributed by atoms with van der Waals surface area (Å²) >= 11 is 0. The third kappa shape index (κ3) is 3.83. The lowest BCUT2D eigenvalue weighted by Gasteiger charge is -2.10. The van der Waals surface area contributed by atoms with Crippen molar-refractivity contribution >= 4 is 17.6 Å². The molecule has 1 atom stereocenters. The number of rotatable bonds is 5. The topological polar surface area (TPSA) is 95.9 Å². The van der Waals surface area contributed by atoms with Crippen LogP contribution >= 0.6 is 0 Å². The zero-order valence-electron chi connectivity index (χ0n) is 14.5. The number of carboxylic acids is 1. The van der Waals surface area contributed by atoms with Crippen LogP contribution in [0.25, 0.3) is 11.1 Å². The molecule has 0 heterocycles. The van der Waals surface area contributed by atoms with Gasteiger partial charge in [0.2, 0.25) is 0 Å². The number of aliphatic hydroxyl groups excluding tert-OH is 1. The van der Waals surface area contributed by atoms with Gasteiger partial charge in [-0.15, -0.1) is 0 Å². The van der Waals surface area contributed by atoms with Crippen LogP contribution in [0.5, 0.6) is 5.75 Å². The van der Waals surface area contributed by atoms with Crippen molar-refractivity contribution in [1.82, 2.24) is 0 Å². The Morgan fingerprint density at radius 3 is 2.59 bits per heavy atom. The summed E-state index contributed by atoms with van der Waals surface area (Å²) in [5.74, 6) is -2.09. The van der Waals surface area contributed by atoms with Crippen molar-refractivity contribution in [3.63, 3.8) is 0 Å². The van der Waals surface area contributed by atoms with Gasteiger partial charge < -0.3 is 20.3 Å². The van der Waals surface area contributed by atoms with E-state index in [9.17, 15) is 19.1 Å². The molecule has 3 rings (SSSR count). The third-order valence-electron chi connectivity index (χ3n) is 4.45. The predicted molar refractivity (Wildman–Crippen MR) is 96.9 cm³/mol. The summed E-state index contributed by atoms with van der Waals surface area (Å²) in [4.78, 5) is 23.6. The van der Waals surface area contributed by atoms with Crippen LogP contribution in [0.4, 0.5) is 10.1 Å². The van der Waals surface area contributed by atoms with Crippen molar-refractivity contribution in [2.45, 2.75) is 18.9 Å². The molecule has 0 saturated heterocycles. The summed E-state index contributed by atoms with van der Waals surface area (Å²) in [7, 11) is 1.54. The van der Waals surface area contributed by atoms with E-state index in [2.05, 4.69) is 5.32 Å². The molecule has 6 nitrogen and oxygen atoms in total. The Bertz CT molecular complexity index is 938. The second kappa shape index (κ2) is 7.59. The molecular formula is C20H18FNO5. The van der Waals surface area contributed by atoms with E-state index in [0.29, 0.717) is 11.3 Å². The summed E-state index contributed by atoms with van der Waals surface area (Å²) in [6.45, 7) is 0. The lowest BCUT2D eigenvalue weighted by molar-refractivity contribution is -0.134. The number of carboxylic acid groups (broad SMARTS) is 1. The van der Waals surface area contributed by atoms with Gasteiger partial charge in [0, 0.05) is 5.57 Å². The van der Waals surface area contributed by atoms with Crippen molar-refractivity contribution in [3.8, 4) is 16.9 Å². The molecule has 0 spiro atoms. The van der Waals surface area contributed by atoms with Crippen LogP contribution in [0.1, 0.15) is 12.8 Å². The van der Waals surface area contributed by atoms with E-state index in [1.165, 1.54) is 12.1 Å². The van der Waals surface area contributed by atoms with Crippen molar-refractivity contribution in [1.29, 1.82) is 0 Å². The van der Waals surface area contributed by atoms with Crippen LogP contribution in [-0.4, -0.2) is 35.3 Å². The molecule has 7 heteroatoms. The Hall–Kier alpha value is -3.19. The lowest BCUT2D eigenvalue weighted by Crippen LogP contribution is -2.20. The number of hydrogen-bond acceptors (Lipinski definition) is 4. The first kappa shape index (κ1) is 18.6. The van der Waals surface area contributed by atoms with Crippen molar-refractivity contribution < 1.29 is 28.9 Å². The number of carbonyl (C=O) groups excluding carboxylic acids is 1. The van der Waals surface area contributed by atoms with Gasteiger partial charge in [-0.25, -0.2) is 9.18 Å². The molecule has 1 unspecified atom stereocenters. The number of ether oxygens (including phenoxy) is 1. The first-order valence-electron chi connectivity index (χ1n) is 8.30. The average molecular weight is 371 g/mol. The van der Waals surface area contributed by atoms with E-state index in [0.717, 1.165) is 5.56 Å². The lowest BCUT2D eigenvalue weighted by atomic mass is 10.0. The molecule has 0 bridgehead atoms. The molecular weight excluding hydrogens is 353 g/mol. The van der Waals surface area contributed by atoms with E-state index < -0.39 is 23.8 Å². The molecule has 1 amide bonds. The van der Waals surface area contributed by atoms with Gasteiger partial charge in [-0.2, -0.15) is 0 Å². The zero-order valence-corrected chi connectivity index (χ0v) is 14.5. The number of hydrogen-bond donors (Lipinski definition) is 3. The molecule has 0 saturated carbocycles. The molecule has 2 aromatic carbocycles. The SMILES string of the molecule is COc1cccc(-c2ccc(NC(=O)C3=C(C(=O)O)C(O)CC3)c(F)c2)c1. The Kier molecular flexibility index (Phi) is 5.23. The van der Waals surface area contributed by atoms with Gasteiger partial charge in [0.15, 0.2) is 0 Å². The molecule has 27 heavy (non-hydrogen) atoms. The standard InChI is InChI=1S/C20H18FNO5/c1-27-13-4-2-3-11(9-13)12-5-7-16(15(21)10-12)22-19(24)14-6-8-17(23)18(14)20(25)26/h2-5,7,9-10,17,23H,6,8H2,1H3,(H,22,24)(H,25,26). The maximum atomic E-state index is 14.5. The number of nitrogens with one attached hydrogen (secondary N) is 1. The number of methoxy groups -OCH3 is 1. The van der Waals surface area contributed by atoms with Gasteiger partial charge in [0.25, 0.3) is 5.91 Å². The highest BCUT2D eigenvalue weighted by atomic mass is 19.1. The minimum Gasteiger partial charge on any atom is -0.497 e. The number of benzene rings is 2. The van der Waals surface area contributed by atoms with Crippen molar-refractivity contribution in [2.75, 3.05) is 12.4 Å². The highest BCUT2D eigenvalue weighted by Crippen LogP contribution is 2.30. The normalized spacial score (nSPS) is 16.3. The quantitative estimate of drug-likeness (QED) is 0.751. The maximum Gasteiger partial charge on any atom is 0.334 e. The highest BCUT2D eigenvalue weighted by Gasteiger charge is 2.32. The van der Waals surface area contributed by atoms with Gasteiger partial charge in [0.1, 0.15) is 11.6 Å². The minimum absolute atomic E-state index is 0.0359. The number of anilines is 1. The third-order valence-corrected chi connectivity index (χ3v) is 4.45. The molecule has 0 radical (unpaired) electrons. The Balaban J connectivity index is 1.84. The molecule has 1 aliphatic rings. The zero-order chi connectivity index (χ0) is 19.6. The maximum absolute atomic E-state index is 14.5. The van der Waals surface area contributed by atoms with Gasteiger partial charge in [0.05, 0.1) is 24.5 Å². The van der Waals surface area contributed by atoms with Gasteiger partial charge in [-0.05, 0) is 48.2 Å². The van der Waals surface area contributed by atoms with E-state index in [1.807, 2.05) is 0 Å². The van der Waals surface area contributed by atoms with Crippen LogP contribution in [0.3, 0.4) is 0 Å². The second-order valence-electron chi connectivity index (χ2n) is 6.13. The fourth-order valence-electron chi connectivity index (χ4n) is 3.07. The van der Waals surface area contributed by atoms with Gasteiger partial charge in [-0.3, -0.25) is 4.79 Å². The summed E-state index contributed by atoms with van der Waals surface area (Å²) in [6.07, 6.45) is -0.914. The van der Waals surface area contributed by atoms with Crippen molar-refractivity contribution in [2.24, 2.45) is 0 Å². The van der Waals surface area contributed by atoms with Gasteiger partial charge >= 0.3 is 5.97 Å². The fourth-order valence-corrected chi connectivity index (χ4v) is 3.07. The van der Waals surface area contributed by atoms with E-state index in [-0.39, 0.29) is 29.7 Å². The predicted octanol–water partition coefficient (Wildman–Crippen LogP) is 2.98. The molecule has 140 valence electrons. The van der Waals surface area contributed by atoms with Crippen LogP contribution in [-0.2, 0) is 9.59 Å². The molecule has 1 aliphatic carbocycles. The Labute approximate surface area is 154 Å². The molecule has 0 fully saturated rings. The smallest absolute Gasteiger partial charge is 0.334 e. The largest absolute Gasteiger partial charge is 0.497 e. The van der Waals surface area contributed by atoms with Crippen LogP contribution in [0, 0.1) is 5.82 Å². The number of halogens is 1. The Morgan fingerprint density at radius 2 is 1.93 bits per heavy atom. The molecule has 2 aromatic rings. The highest BCUT2D eigenvalue weighted by molar-refractivity contribution is 6.09. The van der Waals surface area contributed by atoms with Crippen LogP contribution in [0.2, 0.25) is 0 Å². The Morgan fingerprint density at radius 1 is 1.19 bits per heavy atom. The number of amides is 1. The monoisotopic (exact) mass is 371 g/mol. The number of aliphatic carboxylic acids is 1. The van der Waals surface area contributed by atoms with E-state index >= 15 is 0 Å². The summed E-state index contributed by atoms with van der Waals surface area (Å²) in [5, 5.41) is 21.2. The fraction of sp³-hybridized carbons (Fsp3) is 0.200. The van der Waals surface area contributed by atoms with Crippen LogP contribution in [0.15, 0.2) is 53.6 Å². The second-order valence-corrected chi connectivity index (χ2v) is 6.13. The summed E-state index contributed by atoms with van der Waals surface area (Å²) < 4.78 is 19.6. The first-order valence-corrected chi connectivity index (χ1v) is 8.30. The van der Waals surface area contributed by atoms with E-state index in [4.69, 9.17) is 9.84 Å². The molecule has 3 N–H and O–H groups in total. The first-order chi connectivity index (χ1) is 12.9. The van der Waals surface area contributed by atoms with Gasteiger partial charge in [-0.1, -0.05) is 18.2 Å². The average Bonchev–Trinajstić information content (AvgIpc) is 3.05. The number of aliphatic hydroxyl groups is 1. The van der Waals surface area contributed by atoms with Crippen molar-refractivity contribution in [3.05, 3.63) is 59.4 Å². The summed E-state index contributed by atoms with van der Waals surface area (Å²) in [6, 6.07) is 11.5. The minimum atomic E-state index is -1.35. The molecule has 0 aromatic heterocycles. The summed E-state index contributed by atoms with van der Waals surface area (Å²) in [5.41, 5.74) is 0.921.